The molecular weight excluding hydrogens is 208 g/mol. The highest BCUT2D eigenvalue weighted by atomic mass is 32.2. The number of hydrogen-bond acceptors (Lipinski definition) is 3. The van der Waals surface area contributed by atoms with Crippen molar-refractivity contribution in [3.63, 3.8) is 0 Å². The molecule has 0 aliphatic rings. The summed E-state index contributed by atoms with van der Waals surface area (Å²) in [7, 11) is 1.93. The lowest BCUT2D eigenvalue weighted by molar-refractivity contribution is -0.115. The van der Waals surface area contributed by atoms with Gasteiger partial charge in [-0.2, -0.15) is 0 Å². The zero-order valence-electron chi connectivity index (χ0n) is 8.99. The molecule has 0 aliphatic heterocycles. The molecule has 1 rings (SSSR count). The van der Waals surface area contributed by atoms with Crippen molar-refractivity contribution in [3.05, 3.63) is 29.8 Å². The second-order valence-corrected chi connectivity index (χ2v) is 4.38. The number of benzene rings is 1. The van der Waals surface area contributed by atoms with Crippen molar-refractivity contribution in [2.75, 3.05) is 12.8 Å². The third-order valence-electron chi connectivity index (χ3n) is 2.19. The Balaban J connectivity index is 2.60. The van der Waals surface area contributed by atoms with Crippen LogP contribution in [0.3, 0.4) is 0 Å². The van der Waals surface area contributed by atoms with Crippen LogP contribution in [0.4, 0.5) is 0 Å². The second-order valence-electron chi connectivity index (χ2n) is 3.33. The molecule has 0 spiro atoms. The summed E-state index contributed by atoms with van der Waals surface area (Å²) in [5.41, 5.74) is 6.31. The molecule has 0 fully saturated rings. The van der Waals surface area contributed by atoms with Crippen LogP contribution in [-0.2, 0) is 4.79 Å². The molecule has 0 heterocycles. The number of amides is 1. The van der Waals surface area contributed by atoms with Gasteiger partial charge in [-0.15, -0.1) is 11.8 Å². The maximum Gasteiger partial charge on any atom is 0.227 e. The van der Waals surface area contributed by atoms with Gasteiger partial charge in [-0.1, -0.05) is 12.1 Å². The molecule has 0 saturated carbocycles. The summed E-state index contributed by atoms with van der Waals surface area (Å²) in [4.78, 5) is 11.7. The molecule has 15 heavy (non-hydrogen) atoms. The Hall–Kier alpha value is -1.00. The van der Waals surface area contributed by atoms with Gasteiger partial charge in [0.1, 0.15) is 0 Å². The van der Waals surface area contributed by atoms with Crippen LogP contribution in [0.15, 0.2) is 29.2 Å². The Labute approximate surface area is 94.4 Å². The average molecular weight is 224 g/mol. The smallest absolute Gasteiger partial charge is 0.227 e. The third kappa shape index (κ3) is 3.93. The van der Waals surface area contributed by atoms with Crippen LogP contribution >= 0.6 is 11.8 Å². The Kier molecular flexibility index (Phi) is 4.65. The monoisotopic (exact) mass is 224 g/mol. The van der Waals surface area contributed by atoms with Crippen LogP contribution in [0.5, 0.6) is 0 Å². The Bertz CT molecular complexity index is 324. The highest BCUT2D eigenvalue weighted by Crippen LogP contribution is 2.20. The average Bonchev–Trinajstić information content (AvgIpc) is 2.26. The number of hydrogen-bond donors (Lipinski definition) is 2. The number of nitrogens with two attached hydrogens (primary N) is 1. The lowest BCUT2D eigenvalue weighted by Crippen LogP contribution is -2.13. The van der Waals surface area contributed by atoms with E-state index < -0.39 is 0 Å². The predicted molar refractivity (Wildman–Crippen MR) is 63.8 cm³/mol. The summed E-state index contributed by atoms with van der Waals surface area (Å²) < 4.78 is 0. The van der Waals surface area contributed by atoms with E-state index in [0.717, 1.165) is 4.90 Å². The minimum Gasteiger partial charge on any atom is -0.369 e. The number of carbonyl (C=O) groups is 1. The van der Waals surface area contributed by atoms with E-state index in [1.54, 1.807) is 0 Å². The van der Waals surface area contributed by atoms with Crippen LogP contribution in [0.25, 0.3) is 0 Å². The molecule has 1 aromatic rings. The van der Waals surface area contributed by atoms with E-state index in [2.05, 4.69) is 24.4 Å². The van der Waals surface area contributed by atoms with Gasteiger partial charge in [-0.25, -0.2) is 0 Å². The van der Waals surface area contributed by atoms with Crippen LogP contribution in [0.1, 0.15) is 18.5 Å². The molecule has 82 valence electrons. The number of nitrogens with one attached hydrogen (secondary N) is 1. The zero-order valence-corrected chi connectivity index (χ0v) is 9.80. The quantitative estimate of drug-likeness (QED) is 0.746. The Morgan fingerprint density at radius 2 is 2.07 bits per heavy atom. The number of thioether (sulfide) groups is 1. The van der Waals surface area contributed by atoms with Gasteiger partial charge in [-0.3, -0.25) is 4.79 Å². The summed E-state index contributed by atoms with van der Waals surface area (Å²) in [5, 5.41) is 3.17. The lowest BCUT2D eigenvalue weighted by Gasteiger charge is -2.10. The first-order valence-electron chi connectivity index (χ1n) is 4.82. The van der Waals surface area contributed by atoms with Crippen molar-refractivity contribution >= 4 is 17.7 Å². The van der Waals surface area contributed by atoms with Crippen molar-refractivity contribution in [3.8, 4) is 0 Å². The maximum absolute atomic E-state index is 10.6. The van der Waals surface area contributed by atoms with Gasteiger partial charge < -0.3 is 11.1 Å². The van der Waals surface area contributed by atoms with Gasteiger partial charge in [-0.05, 0) is 31.7 Å². The first-order valence-corrected chi connectivity index (χ1v) is 5.80. The summed E-state index contributed by atoms with van der Waals surface area (Å²) in [5.74, 6) is 0.0497. The maximum atomic E-state index is 10.6. The first-order chi connectivity index (χ1) is 7.13. The molecule has 0 saturated heterocycles. The fourth-order valence-corrected chi connectivity index (χ4v) is 1.81. The molecule has 1 unspecified atom stereocenters. The van der Waals surface area contributed by atoms with E-state index in [9.17, 15) is 4.79 Å². The number of primary amides is 1. The Morgan fingerprint density at radius 3 is 2.53 bits per heavy atom. The molecule has 0 bridgehead atoms. The molecule has 0 radical (unpaired) electrons. The highest BCUT2D eigenvalue weighted by molar-refractivity contribution is 8.00. The molecule has 0 aliphatic carbocycles. The fraction of sp³-hybridized carbons (Fsp3) is 0.364. The van der Waals surface area contributed by atoms with Gasteiger partial charge in [0.15, 0.2) is 0 Å². The molecular formula is C11H16N2OS. The summed E-state index contributed by atoms with van der Waals surface area (Å²) in [6, 6.07) is 8.49. The number of carbonyl (C=O) groups excluding carboxylic acids is 1. The van der Waals surface area contributed by atoms with E-state index in [1.165, 1.54) is 17.3 Å². The SMILES string of the molecule is CNC(C)c1ccc(SCC(N)=O)cc1. The van der Waals surface area contributed by atoms with Crippen molar-refractivity contribution in [2.24, 2.45) is 5.73 Å². The molecule has 1 atom stereocenters. The minimum absolute atomic E-state index is 0.285. The van der Waals surface area contributed by atoms with Gasteiger partial charge in [0, 0.05) is 10.9 Å². The van der Waals surface area contributed by atoms with Crippen LogP contribution < -0.4 is 11.1 Å². The molecule has 1 aromatic carbocycles. The second kappa shape index (κ2) is 5.78. The summed E-state index contributed by atoms with van der Waals surface area (Å²) in [6.45, 7) is 2.10. The third-order valence-corrected chi connectivity index (χ3v) is 3.23. The van der Waals surface area contributed by atoms with E-state index in [1.807, 2.05) is 19.2 Å². The van der Waals surface area contributed by atoms with E-state index in [0.29, 0.717) is 11.8 Å². The Morgan fingerprint density at radius 1 is 1.47 bits per heavy atom. The highest BCUT2D eigenvalue weighted by Gasteiger charge is 2.02. The first kappa shape index (κ1) is 12.1. The van der Waals surface area contributed by atoms with Crippen LogP contribution in [-0.4, -0.2) is 18.7 Å². The van der Waals surface area contributed by atoms with Gasteiger partial charge in [0.25, 0.3) is 0 Å². The van der Waals surface area contributed by atoms with Crippen molar-refractivity contribution < 1.29 is 4.79 Å². The zero-order chi connectivity index (χ0) is 11.3. The molecule has 0 aromatic heterocycles. The molecule has 3 N–H and O–H groups in total. The van der Waals surface area contributed by atoms with Gasteiger partial charge in [0.05, 0.1) is 5.75 Å². The summed E-state index contributed by atoms with van der Waals surface area (Å²) >= 11 is 1.46. The topological polar surface area (TPSA) is 55.1 Å². The minimum atomic E-state index is -0.285. The van der Waals surface area contributed by atoms with Crippen LogP contribution in [0, 0.1) is 0 Å². The van der Waals surface area contributed by atoms with E-state index in [4.69, 9.17) is 5.73 Å². The standard InChI is InChI=1S/C11H16N2OS/c1-8(13-2)9-3-5-10(6-4-9)15-7-11(12)14/h3-6,8,13H,7H2,1-2H3,(H2,12,14). The van der Waals surface area contributed by atoms with E-state index >= 15 is 0 Å². The number of rotatable bonds is 5. The molecule has 1 amide bonds. The van der Waals surface area contributed by atoms with Crippen molar-refractivity contribution in [2.45, 2.75) is 17.9 Å². The van der Waals surface area contributed by atoms with Gasteiger partial charge >= 0.3 is 0 Å². The van der Waals surface area contributed by atoms with Crippen LogP contribution in [0.2, 0.25) is 0 Å². The fourth-order valence-electron chi connectivity index (χ4n) is 1.17. The van der Waals surface area contributed by atoms with Crippen molar-refractivity contribution in [1.82, 2.24) is 5.32 Å². The summed E-state index contributed by atoms with van der Waals surface area (Å²) in [6.07, 6.45) is 0. The molecule has 3 nitrogen and oxygen atoms in total. The predicted octanol–water partition coefficient (Wildman–Crippen LogP) is 1.54. The largest absolute Gasteiger partial charge is 0.369 e. The normalized spacial score (nSPS) is 12.4. The van der Waals surface area contributed by atoms with Gasteiger partial charge in [0.2, 0.25) is 5.91 Å². The van der Waals surface area contributed by atoms with E-state index in [-0.39, 0.29) is 5.91 Å². The molecule has 4 heteroatoms. The lowest BCUT2D eigenvalue weighted by atomic mass is 10.1. The van der Waals surface area contributed by atoms with Crippen molar-refractivity contribution in [1.29, 1.82) is 0 Å².